The van der Waals surface area contributed by atoms with E-state index < -0.39 is 11.6 Å². The van der Waals surface area contributed by atoms with Crippen LogP contribution in [0.5, 0.6) is 0 Å². The van der Waals surface area contributed by atoms with Gasteiger partial charge in [-0.3, -0.25) is 0 Å². The molecule has 96 valence electrons. The zero-order valence-corrected chi connectivity index (χ0v) is 10.4. The number of hydrogen-bond acceptors (Lipinski definition) is 2. The Hall–Kier alpha value is -2.41. The summed E-state index contributed by atoms with van der Waals surface area (Å²) in [5.41, 5.74) is 2.10. The maximum Gasteiger partial charge on any atom is 0.131 e. The van der Waals surface area contributed by atoms with Crippen molar-refractivity contribution in [3.63, 3.8) is 0 Å². The highest BCUT2D eigenvalue weighted by atomic mass is 19.1. The topological polar surface area (TPSA) is 35.8 Å². The molecule has 0 saturated heterocycles. The first-order valence-corrected chi connectivity index (χ1v) is 5.79. The summed E-state index contributed by atoms with van der Waals surface area (Å²) >= 11 is 0. The van der Waals surface area contributed by atoms with Gasteiger partial charge in [0.05, 0.1) is 11.6 Å². The van der Waals surface area contributed by atoms with Gasteiger partial charge in [0.15, 0.2) is 0 Å². The van der Waals surface area contributed by atoms with Crippen LogP contribution in [0.4, 0.5) is 14.5 Å². The Morgan fingerprint density at radius 1 is 1.16 bits per heavy atom. The Kier molecular flexibility index (Phi) is 3.76. The van der Waals surface area contributed by atoms with Gasteiger partial charge in [-0.15, -0.1) is 0 Å². The standard InChI is InChI=1S/C15H12F2N2/c1-10-5-6-11(8-18)7-15(10)19-9-12-13(16)3-2-4-14(12)17/h2-7,19H,9H2,1H3. The smallest absolute Gasteiger partial charge is 0.131 e. The van der Waals surface area contributed by atoms with E-state index in [4.69, 9.17) is 5.26 Å². The molecule has 0 aliphatic carbocycles. The fourth-order valence-corrected chi connectivity index (χ4v) is 1.77. The monoisotopic (exact) mass is 258 g/mol. The van der Waals surface area contributed by atoms with E-state index in [-0.39, 0.29) is 12.1 Å². The van der Waals surface area contributed by atoms with Crippen molar-refractivity contribution in [3.8, 4) is 6.07 Å². The Bertz CT molecular complexity index is 625. The molecule has 0 saturated carbocycles. The molecule has 4 heteroatoms. The first kappa shape index (κ1) is 13.0. The second-order valence-electron chi connectivity index (χ2n) is 4.20. The Labute approximate surface area is 110 Å². The molecule has 0 amide bonds. The number of nitrogens with zero attached hydrogens (tertiary/aromatic N) is 1. The highest BCUT2D eigenvalue weighted by molar-refractivity contribution is 5.55. The second kappa shape index (κ2) is 5.49. The third-order valence-electron chi connectivity index (χ3n) is 2.88. The molecule has 2 aromatic rings. The van der Waals surface area contributed by atoms with Crippen LogP contribution in [0.2, 0.25) is 0 Å². The van der Waals surface area contributed by atoms with Gasteiger partial charge in [-0.25, -0.2) is 8.78 Å². The van der Waals surface area contributed by atoms with Crippen LogP contribution in [0.3, 0.4) is 0 Å². The lowest BCUT2D eigenvalue weighted by Crippen LogP contribution is -2.05. The fraction of sp³-hybridized carbons (Fsp3) is 0.133. The third kappa shape index (κ3) is 2.89. The van der Waals surface area contributed by atoms with Gasteiger partial charge >= 0.3 is 0 Å². The first-order valence-electron chi connectivity index (χ1n) is 5.79. The van der Waals surface area contributed by atoms with Crippen LogP contribution in [-0.4, -0.2) is 0 Å². The van der Waals surface area contributed by atoms with E-state index in [2.05, 4.69) is 5.32 Å². The summed E-state index contributed by atoms with van der Waals surface area (Å²) in [7, 11) is 0. The number of rotatable bonds is 3. The molecule has 1 N–H and O–H groups in total. The average Bonchev–Trinajstić information content (AvgIpc) is 2.40. The minimum absolute atomic E-state index is 0.00994. The maximum atomic E-state index is 13.5. The number of halogens is 2. The lowest BCUT2D eigenvalue weighted by molar-refractivity contribution is 0.560. The van der Waals surface area contributed by atoms with E-state index >= 15 is 0 Å². The van der Waals surface area contributed by atoms with E-state index in [1.807, 2.05) is 13.0 Å². The van der Waals surface area contributed by atoms with Gasteiger partial charge in [-0.05, 0) is 36.8 Å². The van der Waals surface area contributed by atoms with Crippen molar-refractivity contribution in [2.24, 2.45) is 0 Å². The van der Waals surface area contributed by atoms with Gasteiger partial charge in [-0.1, -0.05) is 12.1 Å². The summed E-state index contributed by atoms with van der Waals surface area (Å²) in [5, 5.41) is 11.8. The second-order valence-corrected chi connectivity index (χ2v) is 4.20. The van der Waals surface area contributed by atoms with E-state index in [0.29, 0.717) is 11.3 Å². The zero-order chi connectivity index (χ0) is 13.8. The predicted molar refractivity (Wildman–Crippen MR) is 69.6 cm³/mol. The molecular formula is C15H12F2N2. The van der Waals surface area contributed by atoms with Gasteiger partial charge in [0.2, 0.25) is 0 Å². The molecule has 0 unspecified atom stereocenters. The minimum atomic E-state index is -0.582. The normalized spacial score (nSPS) is 10.0. The van der Waals surface area contributed by atoms with Crippen LogP contribution < -0.4 is 5.32 Å². The average molecular weight is 258 g/mol. The summed E-state index contributed by atoms with van der Waals surface area (Å²) in [4.78, 5) is 0. The van der Waals surface area contributed by atoms with Gasteiger partial charge in [0, 0.05) is 17.8 Å². The molecule has 19 heavy (non-hydrogen) atoms. The minimum Gasteiger partial charge on any atom is -0.380 e. The quantitative estimate of drug-likeness (QED) is 0.909. The molecule has 2 aromatic carbocycles. The third-order valence-corrected chi connectivity index (χ3v) is 2.88. The molecule has 0 atom stereocenters. The Balaban J connectivity index is 2.22. The molecule has 0 heterocycles. The molecular weight excluding hydrogens is 246 g/mol. The van der Waals surface area contributed by atoms with Crippen LogP contribution >= 0.6 is 0 Å². The van der Waals surface area contributed by atoms with Crippen LogP contribution in [0.15, 0.2) is 36.4 Å². The largest absolute Gasteiger partial charge is 0.380 e. The number of nitriles is 1. The summed E-state index contributed by atoms with van der Waals surface area (Å²) in [6, 6.07) is 10.9. The van der Waals surface area contributed by atoms with E-state index in [9.17, 15) is 8.78 Å². The zero-order valence-electron chi connectivity index (χ0n) is 10.4. The molecule has 0 fully saturated rings. The fourth-order valence-electron chi connectivity index (χ4n) is 1.77. The molecule has 0 bridgehead atoms. The number of anilines is 1. The van der Waals surface area contributed by atoms with E-state index in [0.717, 1.165) is 5.56 Å². The Morgan fingerprint density at radius 3 is 2.47 bits per heavy atom. The number of benzene rings is 2. The summed E-state index contributed by atoms with van der Waals surface area (Å²) in [5.74, 6) is -1.16. The highest BCUT2D eigenvalue weighted by Crippen LogP contribution is 2.19. The van der Waals surface area contributed by atoms with Gasteiger partial charge < -0.3 is 5.32 Å². The molecule has 0 aliphatic rings. The molecule has 0 aromatic heterocycles. The molecule has 0 spiro atoms. The predicted octanol–water partition coefficient (Wildman–Crippen LogP) is 3.76. The SMILES string of the molecule is Cc1ccc(C#N)cc1NCc1c(F)cccc1F. The van der Waals surface area contributed by atoms with Crippen molar-refractivity contribution in [1.29, 1.82) is 5.26 Å². The van der Waals surface area contributed by atoms with Crippen molar-refractivity contribution in [2.45, 2.75) is 13.5 Å². The van der Waals surface area contributed by atoms with Gasteiger partial charge in [0.1, 0.15) is 11.6 Å². The van der Waals surface area contributed by atoms with E-state index in [1.165, 1.54) is 18.2 Å². The van der Waals surface area contributed by atoms with Crippen molar-refractivity contribution < 1.29 is 8.78 Å². The van der Waals surface area contributed by atoms with Crippen molar-refractivity contribution >= 4 is 5.69 Å². The van der Waals surface area contributed by atoms with Gasteiger partial charge in [0.25, 0.3) is 0 Å². The van der Waals surface area contributed by atoms with Crippen molar-refractivity contribution in [2.75, 3.05) is 5.32 Å². The van der Waals surface area contributed by atoms with Crippen molar-refractivity contribution in [3.05, 3.63) is 64.7 Å². The summed E-state index contributed by atoms with van der Waals surface area (Å²) < 4.78 is 26.9. The highest BCUT2D eigenvalue weighted by Gasteiger charge is 2.08. The van der Waals surface area contributed by atoms with Crippen molar-refractivity contribution in [1.82, 2.24) is 0 Å². The van der Waals surface area contributed by atoms with E-state index in [1.54, 1.807) is 18.2 Å². The lowest BCUT2D eigenvalue weighted by Gasteiger charge is -2.11. The van der Waals surface area contributed by atoms with Crippen LogP contribution in [0, 0.1) is 29.9 Å². The maximum absolute atomic E-state index is 13.5. The number of aryl methyl sites for hydroxylation is 1. The number of hydrogen-bond donors (Lipinski definition) is 1. The molecule has 0 radical (unpaired) electrons. The first-order chi connectivity index (χ1) is 9.11. The summed E-state index contributed by atoms with van der Waals surface area (Å²) in [6.07, 6.45) is 0. The van der Waals surface area contributed by atoms with Gasteiger partial charge in [-0.2, -0.15) is 5.26 Å². The molecule has 0 aliphatic heterocycles. The lowest BCUT2D eigenvalue weighted by atomic mass is 10.1. The van der Waals surface area contributed by atoms with Crippen LogP contribution in [0.25, 0.3) is 0 Å². The Morgan fingerprint density at radius 2 is 1.84 bits per heavy atom. The van der Waals surface area contributed by atoms with Crippen LogP contribution in [0.1, 0.15) is 16.7 Å². The number of nitrogens with one attached hydrogen (secondary N) is 1. The molecule has 2 nitrogen and oxygen atoms in total. The summed E-state index contributed by atoms with van der Waals surface area (Å²) in [6.45, 7) is 1.90. The molecule has 2 rings (SSSR count). The van der Waals surface area contributed by atoms with Crippen LogP contribution in [-0.2, 0) is 6.54 Å².